The van der Waals surface area contributed by atoms with E-state index in [0.717, 1.165) is 28.5 Å². The van der Waals surface area contributed by atoms with Crippen LogP contribution in [0.3, 0.4) is 0 Å². The van der Waals surface area contributed by atoms with Crippen molar-refractivity contribution in [1.29, 1.82) is 0 Å². The van der Waals surface area contributed by atoms with Gasteiger partial charge in [0, 0.05) is 29.3 Å². The van der Waals surface area contributed by atoms with Crippen molar-refractivity contribution in [2.45, 2.75) is 10.6 Å². The predicted octanol–water partition coefficient (Wildman–Crippen LogP) is 3.62. The summed E-state index contributed by atoms with van der Waals surface area (Å²) in [4.78, 5) is 21.1. The van der Waals surface area contributed by atoms with Crippen molar-refractivity contribution in [2.75, 3.05) is 26.3 Å². The molecule has 3 heterocycles. The molecule has 2 aromatic carbocycles. The summed E-state index contributed by atoms with van der Waals surface area (Å²) in [6.45, 7) is 2.42. The summed E-state index contributed by atoms with van der Waals surface area (Å²) >= 11 is 1.76. The number of nitrogens with zero attached hydrogens (tertiary/aromatic N) is 3. The van der Waals surface area contributed by atoms with E-state index in [1.807, 2.05) is 41.3 Å². The number of thioether (sulfide) groups is 1. The smallest absolute Gasteiger partial charge is 0.274 e. The third-order valence-corrected chi connectivity index (χ3v) is 6.05. The third-order valence-electron chi connectivity index (χ3n) is 4.98. The van der Waals surface area contributed by atoms with Gasteiger partial charge in [-0.3, -0.25) is 9.36 Å². The number of benzene rings is 2. The normalized spacial score (nSPS) is 15.9. The highest BCUT2D eigenvalue weighted by Gasteiger charge is 2.31. The molecule has 1 saturated heterocycles. The molecule has 2 aliphatic heterocycles. The lowest BCUT2D eigenvalue weighted by molar-refractivity contribution is 0.0298. The van der Waals surface area contributed by atoms with Crippen molar-refractivity contribution in [3.8, 4) is 17.1 Å². The summed E-state index contributed by atoms with van der Waals surface area (Å²) in [5, 5.41) is 0. The maximum absolute atomic E-state index is 13.2. The Morgan fingerprint density at radius 3 is 2.56 bits per heavy atom. The number of hydrogen-bond donors (Lipinski definition) is 0. The summed E-state index contributed by atoms with van der Waals surface area (Å²) in [6, 6.07) is 18.4. The van der Waals surface area contributed by atoms with Gasteiger partial charge in [-0.25, -0.2) is 4.98 Å². The monoisotopic (exact) mass is 377 g/mol. The van der Waals surface area contributed by atoms with Gasteiger partial charge in [-0.15, -0.1) is 11.8 Å². The van der Waals surface area contributed by atoms with Crippen LogP contribution in [-0.2, 0) is 10.5 Å². The Morgan fingerprint density at radius 2 is 1.74 bits per heavy atom. The summed E-state index contributed by atoms with van der Waals surface area (Å²) in [6.07, 6.45) is 0. The quantitative estimate of drug-likeness (QED) is 0.684. The molecule has 1 aromatic heterocycles. The molecular weight excluding hydrogens is 358 g/mol. The molecule has 0 atom stereocenters. The molecule has 2 aliphatic rings. The number of aromatic nitrogens is 2. The lowest BCUT2D eigenvalue weighted by Crippen LogP contribution is -2.41. The largest absolute Gasteiger partial charge is 0.378 e. The van der Waals surface area contributed by atoms with E-state index in [9.17, 15) is 4.79 Å². The molecule has 0 unspecified atom stereocenters. The molecule has 136 valence electrons. The Balaban J connectivity index is 1.68. The van der Waals surface area contributed by atoms with Crippen LogP contribution in [0, 0.1) is 0 Å². The number of carbonyl (C=O) groups excluding carboxylic acids is 1. The van der Waals surface area contributed by atoms with Crippen LogP contribution in [0.2, 0.25) is 0 Å². The molecule has 0 N–H and O–H groups in total. The third kappa shape index (κ3) is 2.85. The van der Waals surface area contributed by atoms with Crippen molar-refractivity contribution in [3.05, 3.63) is 66.0 Å². The summed E-state index contributed by atoms with van der Waals surface area (Å²) in [7, 11) is 0. The Kier molecular flexibility index (Phi) is 4.22. The van der Waals surface area contributed by atoms with Gasteiger partial charge in [-0.1, -0.05) is 42.5 Å². The van der Waals surface area contributed by atoms with E-state index in [2.05, 4.69) is 22.8 Å². The van der Waals surface area contributed by atoms with Crippen LogP contribution in [-0.4, -0.2) is 46.7 Å². The second-order valence-electron chi connectivity index (χ2n) is 6.59. The molecule has 1 amide bonds. The Labute approximate surface area is 162 Å². The summed E-state index contributed by atoms with van der Waals surface area (Å²) < 4.78 is 7.56. The van der Waals surface area contributed by atoms with E-state index in [1.54, 1.807) is 11.8 Å². The van der Waals surface area contributed by atoms with Crippen LogP contribution >= 0.6 is 11.8 Å². The number of rotatable bonds is 2. The van der Waals surface area contributed by atoms with Gasteiger partial charge in [0.2, 0.25) is 0 Å². The highest BCUT2D eigenvalue weighted by molar-refractivity contribution is 7.98. The minimum atomic E-state index is 0.00390. The highest BCUT2D eigenvalue weighted by atomic mass is 32.2. The van der Waals surface area contributed by atoms with Gasteiger partial charge in [-0.05, 0) is 12.1 Å². The number of fused-ring (bicyclic) bond motifs is 3. The predicted molar refractivity (Wildman–Crippen MR) is 105 cm³/mol. The molecule has 1 fully saturated rings. The minimum Gasteiger partial charge on any atom is -0.378 e. The first-order valence-corrected chi connectivity index (χ1v) is 10.1. The van der Waals surface area contributed by atoms with Gasteiger partial charge in [-0.2, -0.15) is 0 Å². The van der Waals surface area contributed by atoms with E-state index in [4.69, 9.17) is 9.72 Å². The van der Waals surface area contributed by atoms with Crippen molar-refractivity contribution in [1.82, 2.24) is 14.5 Å². The Hall–Kier alpha value is -2.57. The molecular formula is C21H19N3O2S. The van der Waals surface area contributed by atoms with Crippen LogP contribution in [0.4, 0.5) is 0 Å². The number of ether oxygens (including phenoxy) is 1. The van der Waals surface area contributed by atoms with Crippen LogP contribution < -0.4 is 0 Å². The first-order chi connectivity index (χ1) is 13.3. The molecule has 0 radical (unpaired) electrons. The van der Waals surface area contributed by atoms with Gasteiger partial charge in [0.15, 0.2) is 5.69 Å². The number of amides is 1. The molecule has 3 aromatic rings. The van der Waals surface area contributed by atoms with E-state index in [1.165, 1.54) is 4.90 Å². The zero-order chi connectivity index (χ0) is 18.2. The maximum Gasteiger partial charge on any atom is 0.274 e. The molecule has 5 nitrogen and oxygen atoms in total. The van der Waals surface area contributed by atoms with Gasteiger partial charge in [0.25, 0.3) is 5.91 Å². The maximum atomic E-state index is 13.2. The average Bonchev–Trinajstić information content (AvgIpc) is 3.15. The van der Waals surface area contributed by atoms with Crippen LogP contribution in [0.1, 0.15) is 16.2 Å². The zero-order valence-corrected chi connectivity index (χ0v) is 15.6. The van der Waals surface area contributed by atoms with E-state index in [0.29, 0.717) is 32.0 Å². The number of para-hydroxylation sites is 1. The number of imidazole rings is 1. The van der Waals surface area contributed by atoms with Gasteiger partial charge in [0.1, 0.15) is 5.82 Å². The van der Waals surface area contributed by atoms with Crippen molar-refractivity contribution in [2.24, 2.45) is 0 Å². The first kappa shape index (κ1) is 16.6. The van der Waals surface area contributed by atoms with Gasteiger partial charge in [0.05, 0.1) is 24.6 Å². The Morgan fingerprint density at radius 1 is 1.00 bits per heavy atom. The van der Waals surface area contributed by atoms with Crippen molar-refractivity contribution in [3.63, 3.8) is 0 Å². The average molecular weight is 377 g/mol. The second-order valence-corrected chi connectivity index (χ2v) is 7.61. The molecule has 0 saturated carbocycles. The highest BCUT2D eigenvalue weighted by Crippen LogP contribution is 2.40. The molecule has 0 spiro atoms. The fourth-order valence-corrected chi connectivity index (χ4v) is 4.67. The first-order valence-electron chi connectivity index (χ1n) is 9.09. The standard InChI is InChI=1S/C21H19N3O2S/c25-21(23-10-12-26-13-11-23)19-17-14-27-18-9-5-4-8-16(18)24(17)20(22-19)15-6-2-1-3-7-15/h1-9H,10-14H2. The van der Waals surface area contributed by atoms with Crippen LogP contribution in [0.25, 0.3) is 17.1 Å². The minimum absolute atomic E-state index is 0.00390. The van der Waals surface area contributed by atoms with Crippen LogP contribution in [0.5, 0.6) is 0 Å². The summed E-state index contributed by atoms with van der Waals surface area (Å²) in [5.74, 6) is 1.57. The fraction of sp³-hybridized carbons (Fsp3) is 0.238. The van der Waals surface area contributed by atoms with E-state index >= 15 is 0 Å². The second kappa shape index (κ2) is 6.87. The fourth-order valence-electron chi connectivity index (χ4n) is 3.62. The van der Waals surface area contributed by atoms with Crippen molar-refractivity contribution < 1.29 is 9.53 Å². The molecule has 0 bridgehead atoms. The van der Waals surface area contributed by atoms with E-state index in [-0.39, 0.29) is 5.91 Å². The van der Waals surface area contributed by atoms with Gasteiger partial charge < -0.3 is 9.64 Å². The van der Waals surface area contributed by atoms with Gasteiger partial charge >= 0.3 is 0 Å². The van der Waals surface area contributed by atoms with E-state index < -0.39 is 0 Å². The van der Waals surface area contributed by atoms with Crippen LogP contribution in [0.15, 0.2) is 59.5 Å². The molecule has 6 heteroatoms. The number of morpholine rings is 1. The summed E-state index contributed by atoms with van der Waals surface area (Å²) in [5.41, 5.74) is 3.66. The molecule has 0 aliphatic carbocycles. The molecule has 27 heavy (non-hydrogen) atoms. The topological polar surface area (TPSA) is 47.4 Å². The lowest BCUT2D eigenvalue weighted by atomic mass is 10.2. The SMILES string of the molecule is O=C(c1nc(-c2ccccc2)n2c1CSc1ccccc1-2)N1CCOCC1. The lowest BCUT2D eigenvalue weighted by Gasteiger charge is -2.27. The van der Waals surface area contributed by atoms with Crippen molar-refractivity contribution >= 4 is 17.7 Å². The Bertz CT molecular complexity index is 994. The number of hydrogen-bond acceptors (Lipinski definition) is 4. The zero-order valence-electron chi connectivity index (χ0n) is 14.8. The number of carbonyl (C=O) groups is 1. The molecule has 5 rings (SSSR count).